The van der Waals surface area contributed by atoms with E-state index in [1.165, 1.54) is 5.56 Å². The van der Waals surface area contributed by atoms with Crippen LogP contribution in [-0.4, -0.2) is 15.6 Å². The number of hydrogen-bond donors (Lipinski definition) is 0. The molecule has 0 amide bonds. The number of ketones is 1. The maximum atomic E-state index is 12.7. The molecule has 0 atom stereocenters. The lowest BCUT2D eigenvalue weighted by Crippen LogP contribution is -2.43. The molecule has 1 saturated carbocycles. The summed E-state index contributed by atoms with van der Waals surface area (Å²) in [5.74, 6) is 0.309. The second-order valence-corrected chi connectivity index (χ2v) is 5.38. The molecule has 0 saturated heterocycles. The molecule has 1 aromatic heterocycles. The molecule has 98 valence electrons. The molecule has 3 rings (SSSR count). The third-order valence-corrected chi connectivity index (χ3v) is 4.18. The minimum absolute atomic E-state index is 0.251. The standard InChI is InChI=1S/C16H18N2O/c1-18-11-8-14(17-18)12-15(19)16(9-5-10-16)13-6-3-2-4-7-13/h2-4,6-8,11H,5,9-10,12H2,1H3. The summed E-state index contributed by atoms with van der Waals surface area (Å²) in [5, 5.41) is 4.31. The molecule has 0 unspecified atom stereocenters. The van der Waals surface area contributed by atoms with Crippen molar-refractivity contribution in [3.63, 3.8) is 0 Å². The van der Waals surface area contributed by atoms with Crippen LogP contribution >= 0.6 is 0 Å². The number of benzene rings is 1. The van der Waals surface area contributed by atoms with Crippen LogP contribution in [0, 0.1) is 0 Å². The van der Waals surface area contributed by atoms with Gasteiger partial charge >= 0.3 is 0 Å². The summed E-state index contributed by atoms with van der Waals surface area (Å²) in [6.45, 7) is 0. The molecule has 0 spiro atoms. The molecule has 1 aliphatic rings. The van der Waals surface area contributed by atoms with Crippen molar-refractivity contribution in [1.82, 2.24) is 9.78 Å². The maximum Gasteiger partial charge on any atom is 0.149 e. The largest absolute Gasteiger partial charge is 0.298 e. The van der Waals surface area contributed by atoms with Crippen LogP contribution in [0.2, 0.25) is 0 Å². The number of aromatic nitrogens is 2. The van der Waals surface area contributed by atoms with Gasteiger partial charge in [-0.25, -0.2) is 0 Å². The fourth-order valence-electron chi connectivity index (χ4n) is 2.91. The van der Waals surface area contributed by atoms with Gasteiger partial charge < -0.3 is 0 Å². The van der Waals surface area contributed by atoms with Crippen LogP contribution in [0.25, 0.3) is 0 Å². The molecule has 0 radical (unpaired) electrons. The van der Waals surface area contributed by atoms with E-state index in [-0.39, 0.29) is 5.41 Å². The van der Waals surface area contributed by atoms with Crippen molar-refractivity contribution in [2.45, 2.75) is 31.1 Å². The van der Waals surface area contributed by atoms with E-state index in [2.05, 4.69) is 17.2 Å². The van der Waals surface area contributed by atoms with Crippen LogP contribution in [0.4, 0.5) is 0 Å². The normalized spacial score (nSPS) is 16.9. The van der Waals surface area contributed by atoms with Crippen LogP contribution in [0.5, 0.6) is 0 Å². The highest BCUT2D eigenvalue weighted by Crippen LogP contribution is 2.44. The SMILES string of the molecule is Cn1ccc(CC(=O)C2(c3ccccc3)CCC2)n1. The molecule has 1 heterocycles. The van der Waals surface area contributed by atoms with Gasteiger partial charge in [-0.3, -0.25) is 9.48 Å². The predicted octanol–water partition coefficient (Wildman–Crippen LogP) is 2.65. The van der Waals surface area contributed by atoms with Gasteiger partial charge in [0.25, 0.3) is 0 Å². The lowest BCUT2D eigenvalue weighted by molar-refractivity contribution is -0.127. The zero-order valence-electron chi connectivity index (χ0n) is 11.2. The number of rotatable bonds is 4. The highest BCUT2D eigenvalue weighted by molar-refractivity contribution is 5.92. The van der Waals surface area contributed by atoms with Crippen LogP contribution in [0.3, 0.4) is 0 Å². The smallest absolute Gasteiger partial charge is 0.149 e. The van der Waals surface area contributed by atoms with Gasteiger partial charge in [0.1, 0.15) is 5.78 Å². The van der Waals surface area contributed by atoms with Crippen molar-refractivity contribution in [2.75, 3.05) is 0 Å². The molecule has 0 bridgehead atoms. The average molecular weight is 254 g/mol. The number of carbonyl (C=O) groups excluding carboxylic acids is 1. The predicted molar refractivity (Wildman–Crippen MR) is 73.9 cm³/mol. The van der Waals surface area contributed by atoms with Crippen molar-refractivity contribution in [1.29, 1.82) is 0 Å². The molecule has 3 nitrogen and oxygen atoms in total. The molecule has 1 fully saturated rings. The third-order valence-electron chi connectivity index (χ3n) is 4.18. The summed E-state index contributed by atoms with van der Waals surface area (Å²) >= 11 is 0. The van der Waals surface area contributed by atoms with Gasteiger partial charge in [-0.15, -0.1) is 0 Å². The number of Topliss-reactive ketones (excluding diaryl/α,β-unsaturated/α-hetero) is 1. The average Bonchev–Trinajstić information content (AvgIpc) is 2.75. The fraction of sp³-hybridized carbons (Fsp3) is 0.375. The summed E-state index contributed by atoms with van der Waals surface area (Å²) in [6, 6.07) is 12.1. The van der Waals surface area contributed by atoms with Gasteiger partial charge in [0.05, 0.1) is 17.5 Å². The Labute approximate surface area is 113 Å². The topological polar surface area (TPSA) is 34.9 Å². The number of aryl methyl sites for hydroxylation is 1. The van der Waals surface area contributed by atoms with Gasteiger partial charge in [-0.05, 0) is 24.5 Å². The van der Waals surface area contributed by atoms with Crippen molar-refractivity contribution in [2.24, 2.45) is 7.05 Å². The molecule has 0 aliphatic heterocycles. The first-order chi connectivity index (χ1) is 9.21. The summed E-state index contributed by atoms with van der Waals surface area (Å²) in [4.78, 5) is 12.7. The van der Waals surface area contributed by atoms with Crippen molar-refractivity contribution in [3.8, 4) is 0 Å². The van der Waals surface area contributed by atoms with Crippen molar-refractivity contribution in [3.05, 3.63) is 53.9 Å². The molecule has 1 aliphatic carbocycles. The number of nitrogens with zero attached hydrogens (tertiary/aromatic N) is 2. The van der Waals surface area contributed by atoms with Crippen LogP contribution in [0.1, 0.15) is 30.5 Å². The highest BCUT2D eigenvalue weighted by Gasteiger charge is 2.44. The van der Waals surface area contributed by atoms with E-state index in [4.69, 9.17) is 0 Å². The zero-order chi connectivity index (χ0) is 13.3. The lowest BCUT2D eigenvalue weighted by Gasteiger charge is -2.41. The molecule has 1 aromatic carbocycles. The molecule has 0 N–H and O–H groups in total. The van der Waals surface area contributed by atoms with E-state index in [1.807, 2.05) is 37.5 Å². The lowest BCUT2D eigenvalue weighted by atomic mass is 9.61. The second kappa shape index (κ2) is 4.65. The molecule has 19 heavy (non-hydrogen) atoms. The van der Waals surface area contributed by atoms with E-state index in [9.17, 15) is 4.79 Å². The minimum Gasteiger partial charge on any atom is -0.298 e. The Bertz CT molecular complexity index is 582. The Kier molecular flexibility index (Phi) is 2.97. The maximum absolute atomic E-state index is 12.7. The quantitative estimate of drug-likeness (QED) is 0.840. The molecule has 2 aromatic rings. The Morgan fingerprint density at radius 3 is 2.53 bits per heavy atom. The second-order valence-electron chi connectivity index (χ2n) is 5.38. The highest BCUT2D eigenvalue weighted by atomic mass is 16.1. The Balaban J connectivity index is 1.84. The van der Waals surface area contributed by atoms with Crippen LogP contribution in [0.15, 0.2) is 42.6 Å². The summed E-state index contributed by atoms with van der Waals surface area (Å²) in [7, 11) is 1.88. The van der Waals surface area contributed by atoms with Gasteiger partial charge in [-0.2, -0.15) is 5.10 Å². The van der Waals surface area contributed by atoms with E-state index in [0.717, 1.165) is 25.0 Å². The van der Waals surface area contributed by atoms with E-state index < -0.39 is 0 Å². The van der Waals surface area contributed by atoms with E-state index in [1.54, 1.807) is 4.68 Å². The minimum atomic E-state index is -0.251. The fourth-order valence-corrected chi connectivity index (χ4v) is 2.91. The number of carbonyl (C=O) groups is 1. The van der Waals surface area contributed by atoms with Gasteiger partial charge in [0, 0.05) is 13.2 Å². The van der Waals surface area contributed by atoms with Gasteiger partial charge in [0.15, 0.2) is 0 Å². The summed E-state index contributed by atoms with van der Waals surface area (Å²) in [6.07, 6.45) is 5.42. The van der Waals surface area contributed by atoms with E-state index in [0.29, 0.717) is 12.2 Å². The number of hydrogen-bond acceptors (Lipinski definition) is 2. The van der Waals surface area contributed by atoms with Crippen molar-refractivity contribution < 1.29 is 4.79 Å². The van der Waals surface area contributed by atoms with Gasteiger partial charge in [-0.1, -0.05) is 36.8 Å². The first kappa shape index (κ1) is 12.2. The van der Waals surface area contributed by atoms with E-state index >= 15 is 0 Å². The van der Waals surface area contributed by atoms with Crippen LogP contribution < -0.4 is 0 Å². The zero-order valence-corrected chi connectivity index (χ0v) is 11.2. The molecule has 3 heteroatoms. The Morgan fingerprint density at radius 2 is 2.00 bits per heavy atom. The van der Waals surface area contributed by atoms with Gasteiger partial charge in [0.2, 0.25) is 0 Å². The Morgan fingerprint density at radius 1 is 1.26 bits per heavy atom. The van der Waals surface area contributed by atoms with Crippen molar-refractivity contribution >= 4 is 5.78 Å². The Hall–Kier alpha value is -1.90. The third kappa shape index (κ3) is 2.09. The first-order valence-corrected chi connectivity index (χ1v) is 6.78. The summed E-state index contributed by atoms with van der Waals surface area (Å²) < 4.78 is 1.75. The summed E-state index contributed by atoms with van der Waals surface area (Å²) in [5.41, 5.74) is 1.79. The molecular formula is C16H18N2O. The monoisotopic (exact) mass is 254 g/mol. The molecular weight excluding hydrogens is 236 g/mol. The van der Waals surface area contributed by atoms with Crippen LogP contribution in [-0.2, 0) is 23.7 Å². The first-order valence-electron chi connectivity index (χ1n) is 6.78.